The van der Waals surface area contributed by atoms with Gasteiger partial charge in [0.05, 0.1) is 12.9 Å². The zero-order valence-corrected chi connectivity index (χ0v) is 8.00. The number of ether oxygens (including phenoxy) is 1. The Morgan fingerprint density at radius 1 is 1.62 bits per heavy atom. The van der Waals surface area contributed by atoms with Crippen molar-refractivity contribution in [1.82, 2.24) is 0 Å². The average Bonchev–Trinajstić information content (AvgIpc) is 2.52. The molecule has 0 aliphatic carbocycles. The lowest BCUT2D eigenvalue weighted by Gasteiger charge is -2.01. The lowest BCUT2D eigenvalue weighted by Crippen LogP contribution is -2.06. The molecule has 0 atom stereocenters. The van der Waals surface area contributed by atoms with E-state index in [0.717, 1.165) is 12.8 Å². The van der Waals surface area contributed by atoms with Gasteiger partial charge in [0.25, 0.3) is 0 Å². The highest BCUT2D eigenvalue weighted by Crippen LogP contribution is 2.10. The minimum atomic E-state index is -0.292. The fourth-order valence-corrected chi connectivity index (χ4v) is 0.984. The molecule has 3 nitrogen and oxygen atoms in total. The number of rotatable bonds is 4. The van der Waals surface area contributed by atoms with E-state index >= 15 is 0 Å². The third-order valence-electron chi connectivity index (χ3n) is 1.81. The van der Waals surface area contributed by atoms with Gasteiger partial charge in [0.2, 0.25) is 0 Å². The number of esters is 1. The van der Waals surface area contributed by atoms with Crippen molar-refractivity contribution in [1.29, 1.82) is 0 Å². The Balaban J connectivity index is 2.45. The molecule has 0 saturated carbocycles. The minimum Gasteiger partial charge on any atom is -0.469 e. The second-order valence-electron chi connectivity index (χ2n) is 2.88. The molecule has 1 heterocycles. The van der Waals surface area contributed by atoms with Crippen molar-refractivity contribution in [2.75, 3.05) is 6.61 Å². The van der Waals surface area contributed by atoms with Gasteiger partial charge in [-0.15, -0.1) is 0 Å². The Labute approximate surface area is 77.7 Å². The fraction of sp³-hybridized carbons (Fsp3) is 0.500. The maximum Gasteiger partial charge on any atom is 0.341 e. The molecule has 13 heavy (non-hydrogen) atoms. The fourth-order valence-electron chi connectivity index (χ4n) is 0.984. The zero-order chi connectivity index (χ0) is 9.68. The van der Waals surface area contributed by atoms with E-state index in [0.29, 0.717) is 17.9 Å². The number of hydrogen-bond acceptors (Lipinski definition) is 3. The van der Waals surface area contributed by atoms with E-state index in [1.165, 1.54) is 6.26 Å². The van der Waals surface area contributed by atoms with E-state index in [4.69, 9.17) is 9.15 Å². The summed E-state index contributed by atoms with van der Waals surface area (Å²) in [7, 11) is 0. The molecule has 0 radical (unpaired) electrons. The van der Waals surface area contributed by atoms with Crippen LogP contribution in [0.3, 0.4) is 0 Å². The number of carbonyl (C=O) groups excluding carboxylic acids is 1. The number of carbonyl (C=O) groups is 1. The standard InChI is InChI=1S/C10H14O3/c1-3-4-6-13-10(11)9-5-7-12-8(9)2/h5,7H,3-4,6H2,1-2H3. The lowest BCUT2D eigenvalue weighted by atomic mass is 10.3. The molecule has 0 bridgehead atoms. The number of unbranched alkanes of at least 4 members (excludes halogenated alkanes) is 1. The van der Waals surface area contributed by atoms with E-state index in [1.54, 1.807) is 13.0 Å². The van der Waals surface area contributed by atoms with Crippen LogP contribution < -0.4 is 0 Å². The van der Waals surface area contributed by atoms with E-state index in [1.807, 2.05) is 0 Å². The summed E-state index contributed by atoms with van der Waals surface area (Å²) in [6, 6.07) is 1.63. The summed E-state index contributed by atoms with van der Waals surface area (Å²) in [6.07, 6.45) is 3.42. The van der Waals surface area contributed by atoms with E-state index in [2.05, 4.69) is 6.92 Å². The highest BCUT2D eigenvalue weighted by Gasteiger charge is 2.11. The molecule has 0 spiro atoms. The first-order valence-electron chi connectivity index (χ1n) is 4.47. The highest BCUT2D eigenvalue weighted by molar-refractivity contribution is 5.90. The van der Waals surface area contributed by atoms with Crippen LogP contribution in [0.2, 0.25) is 0 Å². The summed E-state index contributed by atoms with van der Waals surface area (Å²) in [5.74, 6) is 0.321. The molecule has 0 aliphatic heterocycles. The molecule has 0 fully saturated rings. The molecule has 1 aromatic heterocycles. The van der Waals surface area contributed by atoms with E-state index < -0.39 is 0 Å². The van der Waals surface area contributed by atoms with Crippen molar-refractivity contribution in [3.8, 4) is 0 Å². The van der Waals surface area contributed by atoms with Crippen molar-refractivity contribution < 1.29 is 13.9 Å². The van der Waals surface area contributed by atoms with Crippen LogP contribution in [0.4, 0.5) is 0 Å². The van der Waals surface area contributed by atoms with Gasteiger partial charge in [-0.3, -0.25) is 0 Å². The third kappa shape index (κ3) is 2.61. The van der Waals surface area contributed by atoms with Gasteiger partial charge in [0.1, 0.15) is 11.3 Å². The van der Waals surface area contributed by atoms with Crippen molar-refractivity contribution in [2.24, 2.45) is 0 Å². The summed E-state index contributed by atoms with van der Waals surface area (Å²) < 4.78 is 10.00. The van der Waals surface area contributed by atoms with Crippen LogP contribution in [0.5, 0.6) is 0 Å². The second kappa shape index (κ2) is 4.70. The maximum atomic E-state index is 11.3. The molecule has 0 N–H and O–H groups in total. The molecule has 3 heteroatoms. The van der Waals surface area contributed by atoms with Gasteiger partial charge in [-0.1, -0.05) is 13.3 Å². The predicted molar refractivity (Wildman–Crippen MR) is 48.6 cm³/mol. The topological polar surface area (TPSA) is 39.4 Å². The quantitative estimate of drug-likeness (QED) is 0.530. The molecular weight excluding hydrogens is 168 g/mol. The van der Waals surface area contributed by atoms with Crippen LogP contribution in [-0.2, 0) is 4.74 Å². The largest absolute Gasteiger partial charge is 0.469 e. The first-order valence-corrected chi connectivity index (χ1v) is 4.47. The SMILES string of the molecule is CCCCOC(=O)c1ccoc1C. The Bertz CT molecular complexity index is 275. The first kappa shape index (κ1) is 9.84. The highest BCUT2D eigenvalue weighted by atomic mass is 16.5. The van der Waals surface area contributed by atoms with Crippen molar-refractivity contribution in [2.45, 2.75) is 26.7 Å². The Morgan fingerprint density at radius 3 is 2.92 bits per heavy atom. The molecular formula is C10H14O3. The van der Waals surface area contributed by atoms with Gasteiger partial charge in [-0.2, -0.15) is 0 Å². The third-order valence-corrected chi connectivity index (χ3v) is 1.81. The van der Waals surface area contributed by atoms with Crippen LogP contribution in [0.25, 0.3) is 0 Å². The lowest BCUT2D eigenvalue weighted by molar-refractivity contribution is 0.0498. The van der Waals surface area contributed by atoms with E-state index in [-0.39, 0.29) is 5.97 Å². The average molecular weight is 182 g/mol. The van der Waals surface area contributed by atoms with Crippen molar-refractivity contribution in [3.05, 3.63) is 23.7 Å². The van der Waals surface area contributed by atoms with Crippen LogP contribution in [0.15, 0.2) is 16.7 Å². The Morgan fingerprint density at radius 2 is 2.38 bits per heavy atom. The Kier molecular flexibility index (Phi) is 3.55. The predicted octanol–water partition coefficient (Wildman–Crippen LogP) is 2.54. The van der Waals surface area contributed by atoms with Crippen LogP contribution in [0, 0.1) is 6.92 Å². The van der Waals surface area contributed by atoms with Crippen LogP contribution in [-0.4, -0.2) is 12.6 Å². The summed E-state index contributed by atoms with van der Waals surface area (Å²) >= 11 is 0. The van der Waals surface area contributed by atoms with Gasteiger partial charge in [0.15, 0.2) is 0 Å². The molecule has 72 valence electrons. The summed E-state index contributed by atoms with van der Waals surface area (Å²) in [6.45, 7) is 4.29. The molecule has 0 saturated heterocycles. The zero-order valence-electron chi connectivity index (χ0n) is 8.00. The minimum absolute atomic E-state index is 0.292. The van der Waals surface area contributed by atoms with Crippen molar-refractivity contribution >= 4 is 5.97 Å². The molecule has 0 aliphatic rings. The number of hydrogen-bond donors (Lipinski definition) is 0. The second-order valence-corrected chi connectivity index (χ2v) is 2.88. The monoisotopic (exact) mass is 182 g/mol. The maximum absolute atomic E-state index is 11.3. The van der Waals surface area contributed by atoms with Gasteiger partial charge >= 0.3 is 5.97 Å². The van der Waals surface area contributed by atoms with Crippen LogP contribution in [0.1, 0.15) is 35.9 Å². The van der Waals surface area contributed by atoms with E-state index in [9.17, 15) is 4.79 Å². The first-order chi connectivity index (χ1) is 6.25. The molecule has 0 amide bonds. The number of furan rings is 1. The van der Waals surface area contributed by atoms with Gasteiger partial charge in [0, 0.05) is 0 Å². The molecule has 1 aromatic rings. The van der Waals surface area contributed by atoms with Gasteiger partial charge in [-0.25, -0.2) is 4.79 Å². The Hall–Kier alpha value is -1.25. The summed E-state index contributed by atoms with van der Waals surface area (Å²) in [5.41, 5.74) is 0.524. The summed E-state index contributed by atoms with van der Waals surface area (Å²) in [5, 5.41) is 0. The van der Waals surface area contributed by atoms with Crippen LogP contribution >= 0.6 is 0 Å². The smallest absolute Gasteiger partial charge is 0.341 e. The molecule has 0 unspecified atom stereocenters. The normalized spacial score (nSPS) is 10.0. The van der Waals surface area contributed by atoms with Gasteiger partial charge < -0.3 is 9.15 Å². The molecule has 0 aromatic carbocycles. The molecule has 1 rings (SSSR count). The van der Waals surface area contributed by atoms with Gasteiger partial charge in [-0.05, 0) is 19.4 Å². The van der Waals surface area contributed by atoms with Crippen molar-refractivity contribution in [3.63, 3.8) is 0 Å². The number of aryl methyl sites for hydroxylation is 1. The summed E-state index contributed by atoms with van der Waals surface area (Å²) in [4.78, 5) is 11.3.